The molecule has 1 aliphatic rings. The molecule has 0 amide bonds. The molecule has 0 aliphatic heterocycles. The Kier molecular flexibility index (Phi) is 5.92. The molecule has 0 spiro atoms. The van der Waals surface area contributed by atoms with Gasteiger partial charge in [0.2, 0.25) is 10.0 Å². The maximum atomic E-state index is 11.9. The Morgan fingerprint density at radius 1 is 1.17 bits per heavy atom. The van der Waals surface area contributed by atoms with E-state index in [1.807, 2.05) is 0 Å². The molecule has 0 heterocycles. The number of hydrogen-bond acceptors (Lipinski definition) is 2. The summed E-state index contributed by atoms with van der Waals surface area (Å²) >= 11 is 3.46. The van der Waals surface area contributed by atoms with E-state index in [0.717, 1.165) is 25.7 Å². The predicted octanol–water partition coefficient (Wildman–Crippen LogP) is 2.95. The normalized spacial score (nSPS) is 26.2. The molecule has 0 aromatic rings. The van der Waals surface area contributed by atoms with Crippen LogP contribution in [0.15, 0.2) is 0 Å². The Hall–Kier alpha value is 0.180. The summed E-state index contributed by atoms with van der Waals surface area (Å²) in [5.74, 6) is -0.458. The molecule has 1 fully saturated rings. The van der Waals surface area contributed by atoms with Crippen molar-refractivity contribution in [2.75, 3.05) is 5.75 Å². The second-order valence-electron chi connectivity index (χ2n) is 4.60. The van der Waals surface area contributed by atoms with E-state index in [-0.39, 0.29) is 12.5 Å². The zero-order chi connectivity index (χ0) is 13.8. The van der Waals surface area contributed by atoms with Gasteiger partial charge in [0.05, 0.1) is 5.75 Å². The predicted molar refractivity (Wildman–Crippen MR) is 67.2 cm³/mol. The number of hydrogen-bond donors (Lipinski definition) is 1. The second kappa shape index (κ2) is 6.56. The fourth-order valence-electron chi connectivity index (χ4n) is 1.95. The molecule has 0 bridgehead atoms. The molecular formula is C10H17BrF3NO2S. The van der Waals surface area contributed by atoms with Crippen molar-refractivity contribution < 1.29 is 21.6 Å². The quantitative estimate of drug-likeness (QED) is 0.774. The van der Waals surface area contributed by atoms with Gasteiger partial charge in [-0.05, 0) is 32.1 Å². The summed E-state index contributed by atoms with van der Waals surface area (Å²) in [4.78, 5) is 0.420. The lowest BCUT2D eigenvalue weighted by molar-refractivity contribution is -0.134. The van der Waals surface area contributed by atoms with Crippen molar-refractivity contribution in [3.63, 3.8) is 0 Å². The van der Waals surface area contributed by atoms with Crippen LogP contribution in [0.3, 0.4) is 0 Å². The molecule has 0 aromatic carbocycles. The highest BCUT2D eigenvalue weighted by Gasteiger charge is 2.28. The zero-order valence-corrected chi connectivity index (χ0v) is 12.2. The maximum Gasteiger partial charge on any atom is 0.389 e. The molecule has 0 aromatic heterocycles. The van der Waals surface area contributed by atoms with E-state index in [2.05, 4.69) is 20.7 Å². The summed E-state index contributed by atoms with van der Waals surface area (Å²) in [6.07, 6.45) is -2.49. The Labute approximate surface area is 114 Å². The van der Waals surface area contributed by atoms with E-state index >= 15 is 0 Å². The van der Waals surface area contributed by atoms with Gasteiger partial charge >= 0.3 is 6.18 Å². The second-order valence-corrected chi connectivity index (χ2v) is 7.77. The molecule has 0 saturated heterocycles. The van der Waals surface area contributed by atoms with Gasteiger partial charge in [-0.25, -0.2) is 13.1 Å². The molecule has 0 radical (unpaired) electrons. The van der Waals surface area contributed by atoms with Crippen LogP contribution in [0.4, 0.5) is 13.2 Å². The van der Waals surface area contributed by atoms with Gasteiger partial charge in [0.25, 0.3) is 0 Å². The van der Waals surface area contributed by atoms with Crippen molar-refractivity contribution in [2.45, 2.75) is 55.6 Å². The van der Waals surface area contributed by atoms with E-state index in [4.69, 9.17) is 0 Å². The monoisotopic (exact) mass is 351 g/mol. The third-order valence-corrected chi connectivity index (χ3v) is 5.31. The molecule has 18 heavy (non-hydrogen) atoms. The summed E-state index contributed by atoms with van der Waals surface area (Å²) in [5.41, 5.74) is 0. The van der Waals surface area contributed by atoms with Crippen molar-refractivity contribution in [2.24, 2.45) is 0 Å². The first-order valence-corrected chi connectivity index (χ1v) is 8.45. The molecule has 8 heteroatoms. The molecular weight excluding hydrogens is 335 g/mol. The van der Waals surface area contributed by atoms with Gasteiger partial charge in [0, 0.05) is 17.3 Å². The minimum atomic E-state index is -4.29. The van der Waals surface area contributed by atoms with Crippen LogP contribution in [0.5, 0.6) is 0 Å². The summed E-state index contributed by atoms with van der Waals surface area (Å²) in [5, 5.41) is 0. The van der Waals surface area contributed by atoms with Gasteiger partial charge in [-0.3, -0.25) is 0 Å². The van der Waals surface area contributed by atoms with E-state index < -0.39 is 28.4 Å². The smallest absolute Gasteiger partial charge is 0.212 e. The fraction of sp³-hybridized carbons (Fsp3) is 1.00. The topological polar surface area (TPSA) is 46.2 Å². The molecule has 1 aliphatic carbocycles. The number of rotatable bonds is 5. The molecule has 1 N–H and O–H groups in total. The summed E-state index contributed by atoms with van der Waals surface area (Å²) in [6.45, 7) is 0. The lowest BCUT2D eigenvalue weighted by atomic mass is 9.96. The van der Waals surface area contributed by atoms with E-state index in [9.17, 15) is 21.6 Å². The number of halogens is 4. The van der Waals surface area contributed by atoms with Crippen LogP contribution in [0, 0.1) is 0 Å². The Morgan fingerprint density at radius 2 is 1.72 bits per heavy atom. The van der Waals surface area contributed by atoms with Crippen molar-refractivity contribution in [3.05, 3.63) is 0 Å². The van der Waals surface area contributed by atoms with Crippen LogP contribution in [-0.4, -0.2) is 31.2 Å². The lowest BCUT2D eigenvalue weighted by Gasteiger charge is -2.25. The van der Waals surface area contributed by atoms with Gasteiger partial charge in [-0.2, -0.15) is 13.2 Å². The largest absolute Gasteiger partial charge is 0.389 e. The molecule has 1 rings (SSSR count). The minimum absolute atomic E-state index is 0.130. The third-order valence-electron chi connectivity index (χ3n) is 2.88. The Bertz CT molecular complexity index is 351. The number of sulfonamides is 1. The van der Waals surface area contributed by atoms with Crippen LogP contribution < -0.4 is 4.72 Å². The highest BCUT2D eigenvalue weighted by Crippen LogP contribution is 2.25. The minimum Gasteiger partial charge on any atom is -0.212 e. The lowest BCUT2D eigenvalue weighted by Crippen LogP contribution is -2.39. The first kappa shape index (κ1) is 16.2. The molecule has 1 saturated carbocycles. The molecule has 108 valence electrons. The standard InChI is InChI=1S/C10H17BrF3NO2S/c11-8-2-4-9(5-3-8)15-18(16,17)7-1-6-10(12,13)14/h8-9,15H,1-7H2. The summed E-state index contributed by atoms with van der Waals surface area (Å²) in [7, 11) is -3.59. The highest BCUT2D eigenvalue weighted by molar-refractivity contribution is 9.09. The van der Waals surface area contributed by atoms with Crippen LogP contribution in [0.2, 0.25) is 0 Å². The van der Waals surface area contributed by atoms with Gasteiger partial charge in [0.15, 0.2) is 0 Å². The molecule has 3 nitrogen and oxygen atoms in total. The third kappa shape index (κ3) is 6.94. The van der Waals surface area contributed by atoms with E-state index in [1.165, 1.54) is 0 Å². The van der Waals surface area contributed by atoms with E-state index in [1.54, 1.807) is 0 Å². The maximum absolute atomic E-state index is 11.9. The van der Waals surface area contributed by atoms with Crippen molar-refractivity contribution in [3.8, 4) is 0 Å². The van der Waals surface area contributed by atoms with Crippen LogP contribution in [0.25, 0.3) is 0 Å². The van der Waals surface area contributed by atoms with Crippen molar-refractivity contribution in [1.82, 2.24) is 4.72 Å². The zero-order valence-electron chi connectivity index (χ0n) is 9.84. The first-order chi connectivity index (χ1) is 8.18. The highest BCUT2D eigenvalue weighted by atomic mass is 79.9. The summed E-state index contributed by atoms with van der Waals surface area (Å²) in [6, 6.07) is -0.130. The van der Waals surface area contributed by atoms with Crippen LogP contribution in [-0.2, 0) is 10.0 Å². The van der Waals surface area contributed by atoms with Gasteiger partial charge in [-0.1, -0.05) is 15.9 Å². The fourth-order valence-corrected chi connectivity index (χ4v) is 3.86. The average molecular weight is 352 g/mol. The molecule has 0 unspecified atom stereocenters. The van der Waals surface area contributed by atoms with Gasteiger partial charge < -0.3 is 0 Å². The Balaban J connectivity index is 2.31. The first-order valence-electron chi connectivity index (χ1n) is 5.89. The number of nitrogens with one attached hydrogen (secondary N) is 1. The Morgan fingerprint density at radius 3 is 2.22 bits per heavy atom. The average Bonchev–Trinajstić information content (AvgIpc) is 2.18. The van der Waals surface area contributed by atoms with Gasteiger partial charge in [0.1, 0.15) is 0 Å². The van der Waals surface area contributed by atoms with Gasteiger partial charge in [-0.15, -0.1) is 0 Å². The van der Waals surface area contributed by atoms with Crippen molar-refractivity contribution >= 4 is 26.0 Å². The van der Waals surface area contributed by atoms with Crippen molar-refractivity contribution in [1.29, 1.82) is 0 Å². The van der Waals surface area contributed by atoms with Crippen LogP contribution >= 0.6 is 15.9 Å². The van der Waals surface area contributed by atoms with Crippen LogP contribution in [0.1, 0.15) is 38.5 Å². The summed E-state index contributed by atoms with van der Waals surface area (Å²) < 4.78 is 61.4. The van der Waals surface area contributed by atoms with E-state index in [0.29, 0.717) is 4.83 Å². The SMILES string of the molecule is O=S(=O)(CCCC(F)(F)F)NC1CCC(Br)CC1. The number of alkyl halides is 4. The molecule has 0 atom stereocenters.